The largest absolute Gasteiger partial charge is 0.490 e. The van der Waals surface area contributed by atoms with Crippen LogP contribution >= 0.6 is 0 Å². The van der Waals surface area contributed by atoms with Crippen molar-refractivity contribution in [3.8, 4) is 5.75 Å². The highest BCUT2D eigenvalue weighted by Gasteiger charge is 2.29. The van der Waals surface area contributed by atoms with Crippen molar-refractivity contribution in [3.63, 3.8) is 0 Å². The van der Waals surface area contributed by atoms with Crippen LogP contribution in [0.1, 0.15) is 46.0 Å². The summed E-state index contributed by atoms with van der Waals surface area (Å²) < 4.78 is 5.91. The first kappa shape index (κ1) is 15.8. The Morgan fingerprint density at radius 1 is 1.33 bits per heavy atom. The zero-order valence-electron chi connectivity index (χ0n) is 13.0. The van der Waals surface area contributed by atoms with E-state index < -0.39 is 5.41 Å². The first-order chi connectivity index (χ1) is 10.1. The number of amides is 1. The summed E-state index contributed by atoms with van der Waals surface area (Å²) in [5.41, 5.74) is 5.98. The van der Waals surface area contributed by atoms with Crippen LogP contribution < -0.4 is 15.8 Å². The smallest absolute Gasteiger partial charge is 0.231 e. The summed E-state index contributed by atoms with van der Waals surface area (Å²) in [6, 6.07) is 7.60. The van der Waals surface area contributed by atoms with Crippen molar-refractivity contribution in [2.24, 2.45) is 11.1 Å². The average Bonchev–Trinajstić information content (AvgIpc) is 3.01. The van der Waals surface area contributed by atoms with Gasteiger partial charge in [0.2, 0.25) is 5.91 Å². The maximum atomic E-state index is 12.2. The molecule has 0 radical (unpaired) electrons. The van der Waals surface area contributed by atoms with Gasteiger partial charge in [0.05, 0.1) is 11.5 Å². The van der Waals surface area contributed by atoms with Crippen LogP contribution in [0.2, 0.25) is 0 Å². The van der Waals surface area contributed by atoms with Gasteiger partial charge < -0.3 is 15.8 Å². The van der Waals surface area contributed by atoms with Crippen LogP contribution in [-0.4, -0.2) is 18.6 Å². The van der Waals surface area contributed by atoms with E-state index in [1.54, 1.807) is 0 Å². The fourth-order valence-corrected chi connectivity index (χ4v) is 2.50. The average molecular weight is 290 g/mol. The van der Waals surface area contributed by atoms with E-state index in [0.717, 1.165) is 30.7 Å². The van der Waals surface area contributed by atoms with Gasteiger partial charge >= 0.3 is 0 Å². The van der Waals surface area contributed by atoms with Crippen LogP contribution in [0.3, 0.4) is 0 Å². The van der Waals surface area contributed by atoms with E-state index in [9.17, 15) is 4.79 Å². The maximum Gasteiger partial charge on any atom is 0.231 e. The topological polar surface area (TPSA) is 64.4 Å². The second-order valence-corrected chi connectivity index (χ2v) is 6.12. The molecule has 1 saturated carbocycles. The van der Waals surface area contributed by atoms with Crippen molar-refractivity contribution < 1.29 is 9.53 Å². The molecule has 1 aliphatic carbocycles. The molecule has 0 aromatic heterocycles. The number of rotatable bonds is 6. The molecular formula is C17H26N2O2. The third-order valence-electron chi connectivity index (χ3n) is 4.50. The molecule has 1 atom stereocenters. The van der Waals surface area contributed by atoms with Crippen molar-refractivity contribution in [2.45, 2.75) is 52.1 Å². The van der Waals surface area contributed by atoms with Gasteiger partial charge in [-0.1, -0.05) is 6.92 Å². The lowest BCUT2D eigenvalue weighted by Crippen LogP contribution is -2.39. The molecule has 0 bridgehead atoms. The molecule has 1 aromatic rings. The third kappa shape index (κ3) is 3.97. The van der Waals surface area contributed by atoms with Gasteiger partial charge in [-0.05, 0) is 63.3 Å². The van der Waals surface area contributed by atoms with Gasteiger partial charge in [-0.3, -0.25) is 4.79 Å². The van der Waals surface area contributed by atoms with Crippen molar-refractivity contribution in [2.75, 3.05) is 11.9 Å². The molecule has 0 saturated heterocycles. The molecule has 0 heterocycles. The normalized spacial score (nSPS) is 18.2. The van der Waals surface area contributed by atoms with Gasteiger partial charge in [0, 0.05) is 12.2 Å². The first-order valence-corrected chi connectivity index (χ1v) is 7.85. The van der Waals surface area contributed by atoms with Gasteiger partial charge in [-0.2, -0.15) is 0 Å². The van der Waals surface area contributed by atoms with Crippen molar-refractivity contribution in [3.05, 3.63) is 24.3 Å². The minimum atomic E-state index is -0.515. The predicted molar refractivity (Wildman–Crippen MR) is 85.4 cm³/mol. The number of benzene rings is 1. The van der Waals surface area contributed by atoms with Gasteiger partial charge in [0.25, 0.3) is 0 Å². The van der Waals surface area contributed by atoms with Crippen molar-refractivity contribution in [1.82, 2.24) is 0 Å². The molecule has 1 unspecified atom stereocenters. The highest BCUT2D eigenvalue weighted by Crippen LogP contribution is 2.26. The summed E-state index contributed by atoms with van der Waals surface area (Å²) in [4.78, 5) is 12.2. The summed E-state index contributed by atoms with van der Waals surface area (Å²) in [5, 5.41) is 2.93. The molecule has 1 amide bonds. The molecular weight excluding hydrogens is 264 g/mol. The molecule has 2 rings (SSSR count). The summed E-state index contributed by atoms with van der Waals surface area (Å²) >= 11 is 0. The molecule has 0 aliphatic heterocycles. The lowest BCUT2D eigenvalue weighted by Gasteiger charge is -2.25. The Hall–Kier alpha value is -1.55. The van der Waals surface area contributed by atoms with E-state index >= 15 is 0 Å². The standard InChI is InChI=1S/C17H26N2O2/c1-3-17(2,12-18)16(20)19-13-8-10-15(11-9-13)21-14-6-4-5-7-14/h8-11,14H,3-7,12,18H2,1-2H3,(H,19,20). The van der Waals surface area contributed by atoms with E-state index in [1.807, 2.05) is 38.1 Å². The van der Waals surface area contributed by atoms with Crippen molar-refractivity contribution >= 4 is 11.6 Å². The number of ether oxygens (including phenoxy) is 1. The van der Waals surface area contributed by atoms with E-state index in [2.05, 4.69) is 5.32 Å². The Labute approximate surface area is 127 Å². The summed E-state index contributed by atoms with van der Waals surface area (Å²) in [6.07, 6.45) is 5.87. The minimum absolute atomic E-state index is 0.0306. The minimum Gasteiger partial charge on any atom is -0.490 e. The molecule has 0 spiro atoms. The predicted octanol–water partition coefficient (Wildman–Crippen LogP) is 3.32. The SMILES string of the molecule is CCC(C)(CN)C(=O)Nc1ccc(OC2CCCC2)cc1. The zero-order valence-corrected chi connectivity index (χ0v) is 13.0. The zero-order chi connectivity index (χ0) is 15.3. The quantitative estimate of drug-likeness (QED) is 0.844. The number of nitrogens with one attached hydrogen (secondary N) is 1. The lowest BCUT2D eigenvalue weighted by atomic mass is 9.86. The fourth-order valence-electron chi connectivity index (χ4n) is 2.50. The van der Waals surface area contributed by atoms with Crippen LogP contribution in [0, 0.1) is 5.41 Å². The van der Waals surface area contributed by atoms with Crippen LogP contribution in [0.4, 0.5) is 5.69 Å². The van der Waals surface area contributed by atoms with Crippen LogP contribution in [0.5, 0.6) is 5.75 Å². The lowest BCUT2D eigenvalue weighted by molar-refractivity contribution is -0.124. The maximum absolute atomic E-state index is 12.2. The molecule has 4 nitrogen and oxygen atoms in total. The first-order valence-electron chi connectivity index (χ1n) is 7.85. The van der Waals surface area contributed by atoms with E-state index in [1.165, 1.54) is 12.8 Å². The molecule has 4 heteroatoms. The van der Waals surface area contributed by atoms with E-state index in [4.69, 9.17) is 10.5 Å². The number of hydrogen-bond donors (Lipinski definition) is 2. The van der Waals surface area contributed by atoms with Gasteiger partial charge in [0.1, 0.15) is 5.75 Å². The van der Waals surface area contributed by atoms with E-state index in [-0.39, 0.29) is 5.91 Å². The molecule has 1 aliphatic rings. The Balaban J connectivity index is 1.94. The van der Waals surface area contributed by atoms with Crippen molar-refractivity contribution in [1.29, 1.82) is 0 Å². The number of nitrogens with two attached hydrogens (primary N) is 1. The number of hydrogen-bond acceptors (Lipinski definition) is 3. The van der Waals surface area contributed by atoms with Crippen LogP contribution in [-0.2, 0) is 4.79 Å². The Morgan fingerprint density at radius 3 is 2.48 bits per heavy atom. The number of anilines is 1. The Bertz CT molecular complexity index is 460. The van der Waals surface area contributed by atoms with Gasteiger partial charge in [0.15, 0.2) is 0 Å². The van der Waals surface area contributed by atoms with E-state index in [0.29, 0.717) is 12.6 Å². The van der Waals surface area contributed by atoms with Gasteiger partial charge in [-0.25, -0.2) is 0 Å². The van der Waals surface area contributed by atoms with Gasteiger partial charge in [-0.15, -0.1) is 0 Å². The number of carbonyl (C=O) groups is 1. The Kier molecular flexibility index (Phi) is 5.23. The highest BCUT2D eigenvalue weighted by atomic mass is 16.5. The second-order valence-electron chi connectivity index (χ2n) is 6.12. The summed E-state index contributed by atoms with van der Waals surface area (Å²) in [7, 11) is 0. The third-order valence-corrected chi connectivity index (χ3v) is 4.50. The molecule has 116 valence electrons. The molecule has 3 N–H and O–H groups in total. The molecule has 21 heavy (non-hydrogen) atoms. The molecule has 1 fully saturated rings. The fraction of sp³-hybridized carbons (Fsp3) is 0.588. The summed E-state index contributed by atoms with van der Waals surface area (Å²) in [5.74, 6) is 0.842. The number of carbonyl (C=O) groups excluding carboxylic acids is 1. The monoisotopic (exact) mass is 290 g/mol. The summed E-state index contributed by atoms with van der Waals surface area (Å²) in [6.45, 7) is 4.21. The van der Waals surface area contributed by atoms with Crippen LogP contribution in [0.15, 0.2) is 24.3 Å². The highest BCUT2D eigenvalue weighted by molar-refractivity contribution is 5.95. The van der Waals surface area contributed by atoms with Crippen LogP contribution in [0.25, 0.3) is 0 Å². The second kappa shape index (κ2) is 6.94. The molecule has 1 aromatic carbocycles. The Morgan fingerprint density at radius 2 is 1.95 bits per heavy atom.